The second kappa shape index (κ2) is 8.78. The number of hydrogen-bond acceptors (Lipinski definition) is 3. The maximum atomic E-state index is 12.8. The highest BCUT2D eigenvalue weighted by Gasteiger charge is 2.42. The van der Waals surface area contributed by atoms with Crippen molar-refractivity contribution in [3.63, 3.8) is 0 Å². The average Bonchev–Trinajstić information content (AvgIpc) is 3.25. The topological polar surface area (TPSA) is 50.2 Å². The molecule has 1 aromatic carbocycles. The predicted molar refractivity (Wildman–Crippen MR) is 127 cm³/mol. The number of aromatic nitrogens is 2. The number of hydrogen-bond donors (Lipinski definition) is 1. The zero-order valence-corrected chi connectivity index (χ0v) is 19.7. The summed E-state index contributed by atoms with van der Waals surface area (Å²) in [6.45, 7) is 13.3. The van der Waals surface area contributed by atoms with Crippen LogP contribution in [0.5, 0.6) is 0 Å². The number of piperidine rings is 1. The van der Waals surface area contributed by atoms with Gasteiger partial charge in [0, 0.05) is 14.2 Å². The molecule has 0 saturated carbocycles. The van der Waals surface area contributed by atoms with Gasteiger partial charge >= 0.3 is 0 Å². The molecule has 0 unspecified atom stereocenters. The van der Waals surface area contributed by atoms with E-state index in [1.165, 1.54) is 50.0 Å². The van der Waals surface area contributed by atoms with Crippen LogP contribution in [0.1, 0.15) is 88.9 Å². The van der Waals surface area contributed by atoms with E-state index in [1.54, 1.807) is 4.68 Å². The van der Waals surface area contributed by atoms with Crippen molar-refractivity contribution in [3.8, 4) is 0 Å². The van der Waals surface area contributed by atoms with Crippen LogP contribution >= 0.6 is 0 Å². The minimum atomic E-state index is -0.0695. The van der Waals surface area contributed by atoms with E-state index >= 15 is 0 Å². The Labute approximate surface area is 188 Å². The highest BCUT2D eigenvalue weighted by Crippen LogP contribution is 2.48. The maximum absolute atomic E-state index is 12.8. The molecular formula is C26H40N4O. The number of amides is 1. The molecule has 1 atom stereocenters. The molecule has 0 radical (unpaired) electrons. The largest absolute Gasteiger partial charge is 0.344 e. The smallest absolute Gasteiger partial charge is 0.272 e. The van der Waals surface area contributed by atoms with Crippen molar-refractivity contribution in [2.24, 2.45) is 5.41 Å². The van der Waals surface area contributed by atoms with E-state index in [9.17, 15) is 4.79 Å². The highest BCUT2D eigenvalue weighted by molar-refractivity contribution is 5.92. The predicted octanol–water partition coefficient (Wildman–Crippen LogP) is 5.18. The second-order valence-corrected chi connectivity index (χ2v) is 10.6. The van der Waals surface area contributed by atoms with Crippen LogP contribution in [0, 0.1) is 5.41 Å². The fourth-order valence-electron chi connectivity index (χ4n) is 5.25. The fourth-order valence-corrected chi connectivity index (χ4v) is 5.25. The molecule has 31 heavy (non-hydrogen) atoms. The molecule has 2 aliphatic rings. The van der Waals surface area contributed by atoms with Gasteiger partial charge in [0.25, 0.3) is 5.91 Å². The van der Waals surface area contributed by atoms with Crippen LogP contribution in [0.4, 0.5) is 0 Å². The molecular weight excluding hydrogens is 384 g/mol. The van der Waals surface area contributed by atoms with E-state index in [0.29, 0.717) is 11.1 Å². The van der Waals surface area contributed by atoms with E-state index in [1.807, 2.05) is 19.2 Å². The molecule has 1 spiro atoms. The maximum Gasteiger partial charge on any atom is 0.272 e. The Morgan fingerprint density at radius 2 is 1.94 bits per heavy atom. The van der Waals surface area contributed by atoms with Crippen molar-refractivity contribution in [1.29, 1.82) is 0 Å². The van der Waals surface area contributed by atoms with Gasteiger partial charge in [-0.15, -0.1) is 0 Å². The first kappa shape index (κ1) is 22.1. The third-order valence-corrected chi connectivity index (χ3v) is 7.31. The van der Waals surface area contributed by atoms with E-state index in [4.69, 9.17) is 0 Å². The molecule has 1 N–H and O–H groups in total. The van der Waals surface area contributed by atoms with Crippen LogP contribution < -0.4 is 5.32 Å². The Hall–Kier alpha value is -2.14. The second-order valence-electron chi connectivity index (χ2n) is 10.6. The van der Waals surface area contributed by atoms with Crippen molar-refractivity contribution in [3.05, 3.63) is 53.3 Å². The summed E-state index contributed by atoms with van der Waals surface area (Å²) in [7, 11) is 0. The van der Waals surface area contributed by atoms with E-state index in [2.05, 4.69) is 60.4 Å². The molecule has 4 rings (SSSR count). The first-order chi connectivity index (χ1) is 14.8. The number of benzene rings is 1. The lowest BCUT2D eigenvalue weighted by atomic mass is 9.63. The number of nitrogens with zero attached hydrogens (tertiary/aromatic N) is 3. The molecule has 5 heteroatoms. The summed E-state index contributed by atoms with van der Waals surface area (Å²) in [5, 5.41) is 7.65. The fraction of sp³-hybridized carbons (Fsp3) is 0.615. The van der Waals surface area contributed by atoms with Gasteiger partial charge in [0.1, 0.15) is 5.69 Å². The van der Waals surface area contributed by atoms with Crippen LogP contribution in [-0.2, 0) is 12.0 Å². The van der Waals surface area contributed by atoms with Gasteiger partial charge < -0.3 is 10.2 Å². The van der Waals surface area contributed by atoms with Crippen molar-refractivity contribution >= 4 is 5.91 Å². The first-order valence-corrected chi connectivity index (χ1v) is 12.0. The third kappa shape index (κ3) is 4.87. The van der Waals surface area contributed by atoms with Gasteiger partial charge in [0.15, 0.2) is 0 Å². The normalized spacial score (nSPS) is 21.1. The average molecular weight is 425 g/mol. The molecule has 5 nitrogen and oxygen atoms in total. The Morgan fingerprint density at radius 3 is 2.61 bits per heavy atom. The lowest BCUT2D eigenvalue weighted by molar-refractivity contribution is 0.0908. The highest BCUT2D eigenvalue weighted by atomic mass is 16.2. The number of carbonyl (C=O) groups is 1. The van der Waals surface area contributed by atoms with E-state index in [0.717, 1.165) is 19.4 Å². The van der Waals surface area contributed by atoms with Gasteiger partial charge in [-0.25, -0.2) is 0 Å². The third-order valence-electron chi connectivity index (χ3n) is 7.31. The number of rotatable bonds is 5. The number of fused-ring (bicyclic) bond motifs is 2. The number of nitrogens with one attached hydrogen (secondary N) is 1. The van der Waals surface area contributed by atoms with Gasteiger partial charge in [0.05, 0.1) is 6.04 Å². The number of likely N-dealkylation sites (tertiary alicyclic amines) is 1. The monoisotopic (exact) mass is 424 g/mol. The lowest BCUT2D eigenvalue weighted by Gasteiger charge is -2.47. The minimum absolute atomic E-state index is 0. The lowest BCUT2D eigenvalue weighted by Crippen LogP contribution is -2.46. The Kier molecular flexibility index (Phi) is 6.25. The molecule has 1 aliphatic heterocycles. The molecule has 2 aromatic rings. The van der Waals surface area contributed by atoms with Gasteiger partial charge in [-0.3, -0.25) is 9.48 Å². The summed E-state index contributed by atoms with van der Waals surface area (Å²) in [6.07, 6.45) is 7.70. The van der Waals surface area contributed by atoms with Crippen LogP contribution in [0.3, 0.4) is 0 Å². The quantitative estimate of drug-likeness (QED) is 0.719. The molecule has 1 saturated heterocycles. The minimum Gasteiger partial charge on any atom is -0.344 e. The summed E-state index contributed by atoms with van der Waals surface area (Å²) < 4.78 is 1.80. The summed E-state index contributed by atoms with van der Waals surface area (Å²) >= 11 is 0. The van der Waals surface area contributed by atoms with Gasteiger partial charge in [-0.05, 0) is 86.7 Å². The van der Waals surface area contributed by atoms with Crippen LogP contribution in [0.25, 0.3) is 0 Å². The van der Waals surface area contributed by atoms with Crippen LogP contribution in [0.2, 0.25) is 0 Å². The molecule has 170 valence electrons. The van der Waals surface area contributed by atoms with Gasteiger partial charge in [-0.2, -0.15) is 5.10 Å². The van der Waals surface area contributed by atoms with Crippen molar-refractivity contribution < 1.29 is 6.22 Å². The standard InChI is InChI=1S/C26H38N4O.H2/c1-5-30-16-11-23(28-30)24(31)27-22-10-12-26(21-9-7-6-8-20(21)22)14-18-29(19-15-26)17-13-25(2,3)4;/h6-9,11,16,22H,5,10,12-15,17-19H2,1-4H3,(H,27,31);1H/t22-;/m0./s1. The van der Waals surface area contributed by atoms with Crippen LogP contribution in [0.15, 0.2) is 36.5 Å². The molecule has 0 bridgehead atoms. The summed E-state index contributed by atoms with van der Waals surface area (Å²) in [6, 6.07) is 10.7. The zero-order valence-electron chi connectivity index (χ0n) is 19.7. The zero-order chi connectivity index (χ0) is 22.1. The first-order valence-electron chi connectivity index (χ1n) is 12.0. The number of carbonyl (C=O) groups excluding carboxylic acids is 1. The Balaban J connectivity index is 0.00000289. The van der Waals surface area contributed by atoms with Gasteiger partial charge in [0.2, 0.25) is 0 Å². The summed E-state index contributed by atoms with van der Waals surface area (Å²) in [4.78, 5) is 15.5. The summed E-state index contributed by atoms with van der Waals surface area (Å²) in [5.74, 6) is -0.0695. The Morgan fingerprint density at radius 1 is 1.19 bits per heavy atom. The van der Waals surface area contributed by atoms with Gasteiger partial charge in [-0.1, -0.05) is 45.0 Å². The summed E-state index contributed by atoms with van der Waals surface area (Å²) in [5.41, 5.74) is 3.93. The van der Waals surface area contributed by atoms with E-state index < -0.39 is 0 Å². The Bertz CT molecular complexity index is 909. The van der Waals surface area contributed by atoms with Crippen molar-refractivity contribution in [1.82, 2.24) is 20.0 Å². The van der Waals surface area contributed by atoms with Crippen molar-refractivity contribution in [2.45, 2.75) is 77.8 Å². The number of aryl methyl sites for hydroxylation is 1. The SMILES string of the molecule is CCn1ccc(C(=O)N[C@H]2CCC3(CCN(CCC(C)(C)C)CC3)c3ccccc32)n1.[HH]. The van der Waals surface area contributed by atoms with Crippen molar-refractivity contribution in [2.75, 3.05) is 19.6 Å². The van der Waals surface area contributed by atoms with Crippen LogP contribution in [-0.4, -0.2) is 40.2 Å². The van der Waals surface area contributed by atoms with E-state index in [-0.39, 0.29) is 18.8 Å². The molecule has 1 amide bonds. The molecule has 2 heterocycles. The molecule has 1 aromatic heterocycles. The molecule has 1 aliphatic carbocycles. The molecule has 1 fully saturated rings.